The fourth-order valence-electron chi connectivity index (χ4n) is 9.82. The van der Waals surface area contributed by atoms with E-state index in [4.69, 9.17) is 0 Å². The summed E-state index contributed by atoms with van der Waals surface area (Å²) in [5, 5.41) is 5.30. The van der Waals surface area contributed by atoms with Crippen LogP contribution in [0.3, 0.4) is 0 Å². The van der Waals surface area contributed by atoms with Crippen molar-refractivity contribution in [2.24, 2.45) is 11.8 Å². The molecule has 56 heavy (non-hydrogen) atoms. The average molecular weight is 812 g/mol. The van der Waals surface area contributed by atoms with Crippen molar-refractivity contribution >= 4 is 24.8 Å². The van der Waals surface area contributed by atoms with E-state index in [-0.39, 0.29) is 10.8 Å². The number of fused-ring (bicyclic) bond motifs is 5. The summed E-state index contributed by atoms with van der Waals surface area (Å²) in [6, 6.07) is 42.5. The van der Waals surface area contributed by atoms with E-state index in [1.165, 1.54) is 78.9 Å². The van der Waals surface area contributed by atoms with Gasteiger partial charge in [-0.25, -0.2) is 0 Å². The molecule has 0 fully saturated rings. The fraction of sp³-hybridized carbons (Fsp3) is 0.327. The van der Waals surface area contributed by atoms with Crippen LogP contribution < -0.4 is 0 Å². The number of hydrogen-bond donors (Lipinski definition) is 0. The topological polar surface area (TPSA) is 0 Å². The van der Waals surface area contributed by atoms with Crippen molar-refractivity contribution in [3.05, 3.63) is 153 Å². The van der Waals surface area contributed by atoms with Crippen LogP contribution in [-0.4, -0.2) is 3.21 Å². The second-order valence-corrected chi connectivity index (χ2v) is 26.3. The SMILES string of the molecule is CC(C)C[C](CC(C)C)=[Zr]([C]1=CC=CC1)[CH]1c2cc(-c3cccc4ccccc34)c(C(C)(C)C)cc2-c2cc(C(C)(C)C)c(-c3cccc4ccccc34)cc21. The third-order valence-corrected chi connectivity index (χ3v) is 20.6. The van der Waals surface area contributed by atoms with E-state index >= 15 is 0 Å². The molecule has 6 aromatic carbocycles. The molecular weight excluding hydrogens is 752 g/mol. The van der Waals surface area contributed by atoms with Crippen molar-refractivity contribution in [3.63, 3.8) is 0 Å². The van der Waals surface area contributed by atoms with Gasteiger partial charge in [-0.15, -0.1) is 0 Å². The molecule has 0 unspecified atom stereocenters. The molecule has 8 rings (SSSR count). The molecule has 0 amide bonds. The zero-order valence-electron chi connectivity index (χ0n) is 35.5. The van der Waals surface area contributed by atoms with Crippen molar-refractivity contribution < 1.29 is 21.3 Å². The first kappa shape index (κ1) is 38.9. The Labute approximate surface area is 344 Å². The van der Waals surface area contributed by atoms with Crippen LogP contribution >= 0.6 is 0 Å². The molecule has 0 aliphatic heterocycles. The molecule has 284 valence electrons. The summed E-state index contributed by atoms with van der Waals surface area (Å²) in [4.78, 5) is 0. The Balaban J connectivity index is 1.52. The van der Waals surface area contributed by atoms with Gasteiger partial charge in [0.1, 0.15) is 0 Å². The summed E-state index contributed by atoms with van der Waals surface area (Å²) in [6.07, 6.45) is 10.9. The van der Waals surface area contributed by atoms with Gasteiger partial charge < -0.3 is 0 Å². The molecule has 0 aromatic heterocycles. The van der Waals surface area contributed by atoms with Crippen LogP contribution in [0.5, 0.6) is 0 Å². The molecule has 0 saturated heterocycles. The van der Waals surface area contributed by atoms with Crippen molar-refractivity contribution in [3.8, 4) is 33.4 Å². The average Bonchev–Trinajstić information content (AvgIpc) is 3.79. The zero-order chi connectivity index (χ0) is 39.5. The number of hydrogen-bond acceptors (Lipinski definition) is 0. The van der Waals surface area contributed by atoms with E-state index in [1.54, 1.807) is 14.4 Å². The Morgan fingerprint density at radius 2 is 1.00 bits per heavy atom. The first-order chi connectivity index (χ1) is 26.7. The number of benzene rings is 6. The number of rotatable bonds is 8. The van der Waals surface area contributed by atoms with Crippen LogP contribution in [0, 0.1) is 11.8 Å². The molecule has 0 atom stereocenters. The van der Waals surface area contributed by atoms with Gasteiger partial charge in [-0.05, 0) is 0 Å². The van der Waals surface area contributed by atoms with Crippen molar-refractivity contribution in [2.75, 3.05) is 0 Å². The first-order valence-electron chi connectivity index (χ1n) is 21.1. The standard InChI is InChI=1S/C41H37.C9H18.C5H5.Zr/c1-40(2,3)38-24-34-28(22-36(38)32-19-11-15-26-13-7-9-17-30(26)32)21-29-23-37(39(25-35(29)34)41(4,5)6)33-20-12-16-27-14-8-10-18-31(27)33;1-8(2)6-5-7-9(3)4;1-2-4-5-3-1;/h7-25H,1-6H3;8-9H,6-7H2,1-4H3;1-3H,4H2;. The van der Waals surface area contributed by atoms with Crippen molar-refractivity contribution in [1.29, 1.82) is 0 Å². The molecule has 6 aromatic rings. The minimum absolute atomic E-state index is 0.0403. The van der Waals surface area contributed by atoms with Crippen LogP contribution in [0.25, 0.3) is 54.9 Å². The zero-order valence-corrected chi connectivity index (χ0v) is 37.9. The third-order valence-electron chi connectivity index (χ3n) is 12.2. The van der Waals surface area contributed by atoms with Gasteiger partial charge in [0.2, 0.25) is 0 Å². The molecule has 0 bridgehead atoms. The first-order valence-corrected chi connectivity index (χ1v) is 25.0. The second kappa shape index (κ2) is 15.1. The molecule has 2 aliphatic carbocycles. The molecule has 0 nitrogen and oxygen atoms in total. The maximum atomic E-state index is 2.71. The summed E-state index contributed by atoms with van der Waals surface area (Å²) >= 11 is -2.64. The Morgan fingerprint density at radius 3 is 1.41 bits per heavy atom. The monoisotopic (exact) mass is 810 g/mol. The van der Waals surface area contributed by atoms with E-state index in [9.17, 15) is 0 Å². The van der Waals surface area contributed by atoms with E-state index in [2.05, 4.69) is 197 Å². The van der Waals surface area contributed by atoms with Crippen LogP contribution in [0.2, 0.25) is 0 Å². The molecular formula is C55H60Zr. The van der Waals surface area contributed by atoms with Crippen molar-refractivity contribution in [1.82, 2.24) is 0 Å². The minimum atomic E-state index is -2.64. The predicted octanol–water partition coefficient (Wildman–Crippen LogP) is 15.7. The van der Waals surface area contributed by atoms with Gasteiger partial charge >= 0.3 is 347 Å². The summed E-state index contributed by atoms with van der Waals surface area (Å²) < 4.78 is 4.09. The maximum absolute atomic E-state index is 2.71. The van der Waals surface area contributed by atoms with Gasteiger partial charge in [0.25, 0.3) is 0 Å². The normalized spacial score (nSPS) is 14.2. The van der Waals surface area contributed by atoms with Gasteiger partial charge in [-0.3, -0.25) is 0 Å². The van der Waals surface area contributed by atoms with Crippen LogP contribution in [0.15, 0.2) is 131 Å². The molecule has 0 radical (unpaired) electrons. The summed E-state index contributed by atoms with van der Waals surface area (Å²) in [6.45, 7) is 24.2. The molecule has 1 heteroatoms. The fourth-order valence-corrected chi connectivity index (χ4v) is 20.1. The van der Waals surface area contributed by atoms with Gasteiger partial charge in [-0.1, -0.05) is 0 Å². The van der Waals surface area contributed by atoms with Gasteiger partial charge in [0, 0.05) is 0 Å². The molecule has 0 heterocycles. The summed E-state index contributed by atoms with van der Waals surface area (Å²) in [5.41, 5.74) is 14.5. The van der Waals surface area contributed by atoms with Gasteiger partial charge in [-0.2, -0.15) is 0 Å². The van der Waals surface area contributed by atoms with Gasteiger partial charge in [0.15, 0.2) is 0 Å². The Morgan fingerprint density at radius 1 is 0.554 bits per heavy atom. The second-order valence-electron chi connectivity index (χ2n) is 19.5. The van der Waals surface area contributed by atoms with Gasteiger partial charge in [0.05, 0.1) is 0 Å². The summed E-state index contributed by atoms with van der Waals surface area (Å²) in [5.74, 6) is 1.28. The molecule has 2 aliphatic rings. The van der Waals surface area contributed by atoms with E-state index < -0.39 is 21.3 Å². The molecule has 0 saturated carbocycles. The summed E-state index contributed by atoms with van der Waals surface area (Å²) in [7, 11) is 0. The molecule has 0 spiro atoms. The Hall–Kier alpha value is -3.93. The quantitative estimate of drug-likeness (QED) is 0.144. The molecule has 0 N–H and O–H groups in total. The third kappa shape index (κ3) is 7.24. The van der Waals surface area contributed by atoms with E-state index in [0.29, 0.717) is 15.5 Å². The Kier molecular flexibility index (Phi) is 10.5. The number of allylic oxidation sites excluding steroid dienone is 4. The Bertz CT molecular complexity index is 2400. The van der Waals surface area contributed by atoms with E-state index in [0.717, 1.165) is 6.42 Å². The van der Waals surface area contributed by atoms with E-state index in [1.807, 2.05) is 3.21 Å². The van der Waals surface area contributed by atoms with Crippen LogP contribution in [0.4, 0.5) is 0 Å². The van der Waals surface area contributed by atoms with Crippen molar-refractivity contribution in [2.45, 2.75) is 103 Å². The van der Waals surface area contributed by atoms with Crippen LogP contribution in [0.1, 0.15) is 114 Å². The predicted molar refractivity (Wildman–Crippen MR) is 243 cm³/mol. The van der Waals surface area contributed by atoms with Crippen LogP contribution in [-0.2, 0) is 32.1 Å².